The molecule has 2 aromatic carbocycles. The van der Waals surface area contributed by atoms with Gasteiger partial charge in [0, 0.05) is 11.3 Å². The van der Waals surface area contributed by atoms with E-state index >= 15 is 0 Å². The van der Waals surface area contributed by atoms with Gasteiger partial charge in [-0.05, 0) is 50.7 Å². The van der Waals surface area contributed by atoms with Gasteiger partial charge in [-0.25, -0.2) is 0 Å². The average molecular weight is 367 g/mol. The zero-order chi connectivity index (χ0) is 18.5. The lowest BCUT2D eigenvalue weighted by Crippen LogP contribution is -2.70. The predicted molar refractivity (Wildman–Crippen MR) is 105 cm³/mol. The molecule has 4 rings (SSSR count). The Labute approximate surface area is 158 Å². The van der Waals surface area contributed by atoms with Crippen LogP contribution in [-0.4, -0.2) is 16.7 Å². The third kappa shape index (κ3) is 2.70. The van der Waals surface area contributed by atoms with Crippen LogP contribution >= 0.6 is 12.2 Å². The Morgan fingerprint density at radius 1 is 1.23 bits per heavy atom. The van der Waals surface area contributed by atoms with Crippen molar-refractivity contribution in [2.24, 2.45) is 5.92 Å². The first-order chi connectivity index (χ1) is 12.4. The molecule has 2 aromatic rings. The molecule has 0 unspecified atom stereocenters. The molecule has 134 valence electrons. The average Bonchev–Trinajstić information content (AvgIpc) is 2.56. The second-order valence-electron chi connectivity index (χ2n) is 7.11. The van der Waals surface area contributed by atoms with E-state index in [0.29, 0.717) is 5.11 Å². The lowest BCUT2D eigenvalue weighted by Gasteiger charge is -2.50. The number of anilines is 1. The zero-order valence-corrected chi connectivity index (χ0v) is 15.7. The Morgan fingerprint density at radius 3 is 2.77 bits per heavy atom. The van der Waals surface area contributed by atoms with Crippen LogP contribution in [0.25, 0.3) is 0 Å². The second kappa shape index (κ2) is 5.99. The fraction of sp³-hybridized carbons (Fsp3) is 0.300. The van der Waals surface area contributed by atoms with Crippen molar-refractivity contribution in [2.45, 2.75) is 32.5 Å². The Bertz CT molecular complexity index is 914. The maximum atomic E-state index is 13.2. The predicted octanol–water partition coefficient (Wildman–Crippen LogP) is 3.19. The summed E-state index contributed by atoms with van der Waals surface area (Å²) in [4.78, 5) is 13.2. The van der Waals surface area contributed by atoms with Gasteiger partial charge in [0.05, 0.1) is 6.04 Å². The largest absolute Gasteiger partial charge is 0.467 e. The van der Waals surface area contributed by atoms with Crippen LogP contribution in [-0.2, 0) is 4.79 Å². The number of fused-ring (bicyclic) bond motifs is 4. The third-order valence-corrected chi connectivity index (χ3v) is 5.29. The number of ether oxygens (including phenoxy) is 1. The minimum absolute atomic E-state index is 0.110. The summed E-state index contributed by atoms with van der Waals surface area (Å²) in [5.74, 6) is 0.171. The summed E-state index contributed by atoms with van der Waals surface area (Å²) in [5, 5.41) is 9.94. The SMILES string of the molecule is Cc1ccc(NC(=O)[C@H]2[C@@H]3NC(=S)N[C@@]2(C)Oc2ccccc23)c(C)c1. The topological polar surface area (TPSA) is 62.4 Å². The number of carbonyl (C=O) groups is 1. The van der Waals surface area contributed by atoms with Crippen molar-refractivity contribution < 1.29 is 9.53 Å². The van der Waals surface area contributed by atoms with Crippen LogP contribution in [0.15, 0.2) is 42.5 Å². The summed E-state index contributed by atoms with van der Waals surface area (Å²) in [6, 6.07) is 13.5. The van der Waals surface area contributed by atoms with Gasteiger partial charge in [-0.1, -0.05) is 35.9 Å². The Balaban J connectivity index is 1.71. The van der Waals surface area contributed by atoms with E-state index in [0.717, 1.165) is 28.1 Å². The molecule has 1 fully saturated rings. The van der Waals surface area contributed by atoms with E-state index in [4.69, 9.17) is 17.0 Å². The van der Waals surface area contributed by atoms with Crippen molar-refractivity contribution in [3.05, 3.63) is 59.2 Å². The quantitative estimate of drug-likeness (QED) is 0.712. The number of nitrogens with one attached hydrogen (secondary N) is 3. The molecule has 3 N–H and O–H groups in total. The molecule has 0 aliphatic carbocycles. The van der Waals surface area contributed by atoms with Crippen molar-refractivity contribution in [2.75, 3.05) is 5.32 Å². The maximum absolute atomic E-state index is 13.2. The van der Waals surface area contributed by atoms with Gasteiger partial charge < -0.3 is 20.7 Å². The van der Waals surface area contributed by atoms with Crippen LogP contribution in [0.3, 0.4) is 0 Å². The number of benzene rings is 2. The van der Waals surface area contributed by atoms with Crippen molar-refractivity contribution in [1.29, 1.82) is 0 Å². The molecular weight excluding hydrogens is 346 g/mol. The van der Waals surface area contributed by atoms with E-state index < -0.39 is 11.6 Å². The number of para-hydroxylation sites is 1. The zero-order valence-electron chi connectivity index (χ0n) is 14.9. The molecule has 0 radical (unpaired) electrons. The van der Waals surface area contributed by atoms with Crippen LogP contribution in [0.5, 0.6) is 5.75 Å². The van der Waals surface area contributed by atoms with Gasteiger partial charge in [-0.3, -0.25) is 4.79 Å². The van der Waals surface area contributed by atoms with E-state index in [1.807, 2.05) is 57.2 Å². The van der Waals surface area contributed by atoms with E-state index in [1.54, 1.807) is 0 Å². The molecule has 2 bridgehead atoms. The number of hydrogen-bond donors (Lipinski definition) is 3. The Morgan fingerprint density at radius 2 is 2.00 bits per heavy atom. The summed E-state index contributed by atoms with van der Waals surface area (Å²) in [6.45, 7) is 5.89. The molecule has 0 spiro atoms. The number of thiocarbonyl (C=S) groups is 1. The summed E-state index contributed by atoms with van der Waals surface area (Å²) >= 11 is 5.33. The molecular formula is C20H21N3O2S. The maximum Gasteiger partial charge on any atom is 0.236 e. The van der Waals surface area contributed by atoms with Gasteiger partial charge in [0.25, 0.3) is 0 Å². The van der Waals surface area contributed by atoms with E-state index in [-0.39, 0.29) is 11.9 Å². The fourth-order valence-corrected chi connectivity index (χ4v) is 4.18. The minimum Gasteiger partial charge on any atom is -0.467 e. The number of rotatable bonds is 2. The minimum atomic E-state index is -0.913. The third-order valence-electron chi connectivity index (χ3n) is 5.07. The van der Waals surface area contributed by atoms with Crippen molar-refractivity contribution in [1.82, 2.24) is 10.6 Å². The number of hydrogen-bond acceptors (Lipinski definition) is 3. The van der Waals surface area contributed by atoms with Crippen LogP contribution in [0.1, 0.15) is 29.7 Å². The smallest absolute Gasteiger partial charge is 0.236 e. The van der Waals surface area contributed by atoms with Gasteiger partial charge in [-0.2, -0.15) is 0 Å². The molecule has 26 heavy (non-hydrogen) atoms. The van der Waals surface area contributed by atoms with Crippen LogP contribution < -0.4 is 20.7 Å². The standard InChI is InChI=1S/C20H21N3O2S/c1-11-8-9-14(12(2)10-11)21-18(24)16-17-13-6-4-5-7-15(13)25-20(16,3)23-19(26)22-17/h4-10,16-17H,1-3H3,(H,21,24)(H2,22,23,26)/t16-,17-,20+/m1/s1. The fourth-order valence-electron chi connectivity index (χ4n) is 3.85. The van der Waals surface area contributed by atoms with Gasteiger partial charge in [0.15, 0.2) is 10.8 Å². The first kappa shape index (κ1) is 16.8. The van der Waals surface area contributed by atoms with E-state index in [2.05, 4.69) is 22.0 Å². The molecule has 2 aliphatic heterocycles. The molecule has 2 aliphatic rings. The highest BCUT2D eigenvalue weighted by Crippen LogP contribution is 2.45. The van der Waals surface area contributed by atoms with Gasteiger partial charge in [0.2, 0.25) is 5.91 Å². The molecule has 3 atom stereocenters. The van der Waals surface area contributed by atoms with E-state index in [1.165, 1.54) is 0 Å². The van der Waals surface area contributed by atoms with Crippen LogP contribution in [0.2, 0.25) is 0 Å². The normalized spacial score (nSPS) is 26.0. The first-order valence-electron chi connectivity index (χ1n) is 8.62. The highest BCUT2D eigenvalue weighted by molar-refractivity contribution is 7.80. The second-order valence-corrected chi connectivity index (χ2v) is 7.52. The van der Waals surface area contributed by atoms with E-state index in [9.17, 15) is 4.79 Å². The summed E-state index contributed by atoms with van der Waals surface area (Å²) in [6.07, 6.45) is 0. The first-order valence-corrected chi connectivity index (χ1v) is 9.03. The monoisotopic (exact) mass is 367 g/mol. The lowest BCUT2D eigenvalue weighted by atomic mass is 9.80. The molecule has 1 amide bonds. The summed E-state index contributed by atoms with van der Waals surface area (Å²) < 4.78 is 6.18. The van der Waals surface area contributed by atoms with Crippen LogP contribution in [0.4, 0.5) is 5.69 Å². The highest BCUT2D eigenvalue weighted by Gasteiger charge is 2.54. The number of amides is 1. The van der Waals surface area contributed by atoms with Crippen molar-refractivity contribution >= 4 is 28.9 Å². The Kier molecular flexibility index (Phi) is 3.88. The van der Waals surface area contributed by atoms with Gasteiger partial charge >= 0.3 is 0 Å². The van der Waals surface area contributed by atoms with Crippen molar-refractivity contribution in [3.63, 3.8) is 0 Å². The van der Waals surface area contributed by atoms with Crippen LogP contribution in [0, 0.1) is 19.8 Å². The molecule has 2 heterocycles. The number of carbonyl (C=O) groups excluding carboxylic acids is 1. The van der Waals surface area contributed by atoms with Crippen molar-refractivity contribution in [3.8, 4) is 5.75 Å². The molecule has 6 heteroatoms. The summed E-state index contributed by atoms with van der Waals surface area (Å²) in [7, 11) is 0. The molecule has 0 saturated carbocycles. The summed E-state index contributed by atoms with van der Waals surface area (Å²) in [5.41, 5.74) is 3.03. The molecule has 5 nitrogen and oxygen atoms in total. The molecule has 0 aromatic heterocycles. The highest BCUT2D eigenvalue weighted by atomic mass is 32.1. The van der Waals surface area contributed by atoms with Gasteiger partial charge in [-0.15, -0.1) is 0 Å². The molecule has 1 saturated heterocycles. The Hall–Kier alpha value is -2.60. The lowest BCUT2D eigenvalue weighted by molar-refractivity contribution is -0.132. The van der Waals surface area contributed by atoms with Gasteiger partial charge in [0.1, 0.15) is 11.7 Å². The number of aryl methyl sites for hydroxylation is 2.